The molecule has 8 nitrogen and oxygen atoms in total. The lowest BCUT2D eigenvalue weighted by atomic mass is 10.2. The number of carbonyl (C=O) groups is 1. The van der Waals surface area contributed by atoms with Crippen LogP contribution in [0.25, 0.3) is 11.0 Å². The lowest BCUT2D eigenvalue weighted by Crippen LogP contribution is -2.40. The Hall–Kier alpha value is -2.64. The van der Waals surface area contributed by atoms with Crippen molar-refractivity contribution in [3.63, 3.8) is 0 Å². The Morgan fingerprint density at radius 2 is 1.67 bits per heavy atom. The molecule has 0 aliphatic rings. The van der Waals surface area contributed by atoms with Crippen LogP contribution in [0.15, 0.2) is 20.4 Å². The van der Waals surface area contributed by atoms with E-state index in [1.54, 1.807) is 6.92 Å². The number of aromatic nitrogens is 3. The first-order valence-electron chi connectivity index (χ1n) is 6.28. The molecule has 2 heterocycles. The minimum absolute atomic E-state index is 0.102. The van der Waals surface area contributed by atoms with Crippen LogP contribution in [0.3, 0.4) is 0 Å². The van der Waals surface area contributed by atoms with Crippen LogP contribution in [0.4, 0.5) is 0 Å². The molecule has 0 atom stereocenters. The maximum absolute atomic E-state index is 12.2. The van der Waals surface area contributed by atoms with Gasteiger partial charge in [0.05, 0.1) is 12.0 Å². The van der Waals surface area contributed by atoms with Crippen molar-refractivity contribution >= 4 is 17.0 Å². The fourth-order valence-corrected chi connectivity index (χ4v) is 2.23. The average Bonchev–Trinajstić information content (AvgIpc) is 2.45. The zero-order valence-electron chi connectivity index (χ0n) is 12.2. The quantitative estimate of drug-likeness (QED) is 0.670. The van der Waals surface area contributed by atoms with Crippen LogP contribution in [-0.4, -0.2) is 26.3 Å². The molecule has 0 aliphatic heterocycles. The Balaban J connectivity index is 3.03. The van der Waals surface area contributed by atoms with Crippen molar-refractivity contribution in [2.24, 2.45) is 21.1 Å². The first-order valence-corrected chi connectivity index (χ1v) is 6.28. The maximum Gasteiger partial charge on any atom is 0.343 e. The van der Waals surface area contributed by atoms with Crippen LogP contribution >= 0.6 is 0 Å². The average molecular weight is 293 g/mol. The van der Waals surface area contributed by atoms with Crippen LogP contribution < -0.4 is 16.8 Å². The summed E-state index contributed by atoms with van der Waals surface area (Å²) in [6.45, 7) is 1.73. The van der Waals surface area contributed by atoms with Crippen molar-refractivity contribution in [3.05, 3.63) is 42.8 Å². The lowest BCUT2D eigenvalue weighted by Gasteiger charge is -2.12. The second-order valence-corrected chi connectivity index (χ2v) is 4.59. The molecule has 8 heteroatoms. The van der Waals surface area contributed by atoms with E-state index in [9.17, 15) is 19.2 Å². The summed E-state index contributed by atoms with van der Waals surface area (Å²) in [5.41, 5.74) is -1.83. The van der Waals surface area contributed by atoms with E-state index in [0.717, 1.165) is 9.13 Å². The highest BCUT2D eigenvalue weighted by Gasteiger charge is 2.19. The number of hydrogen-bond donors (Lipinski definition) is 0. The summed E-state index contributed by atoms with van der Waals surface area (Å²) in [5, 5.41) is 0.102. The molecular weight excluding hydrogens is 278 g/mol. The molecule has 21 heavy (non-hydrogen) atoms. The summed E-state index contributed by atoms with van der Waals surface area (Å²) < 4.78 is 8.01. The normalized spacial score (nSPS) is 10.9. The van der Waals surface area contributed by atoms with Gasteiger partial charge in [-0.05, 0) is 13.0 Å². The summed E-state index contributed by atoms with van der Waals surface area (Å²) in [7, 11) is 4.18. The Bertz CT molecular complexity index is 917. The lowest BCUT2D eigenvalue weighted by molar-refractivity contribution is 0.0524. The fourth-order valence-electron chi connectivity index (χ4n) is 2.23. The molecule has 0 saturated heterocycles. The van der Waals surface area contributed by atoms with E-state index in [1.165, 1.54) is 31.8 Å². The van der Waals surface area contributed by atoms with Crippen molar-refractivity contribution in [1.29, 1.82) is 0 Å². The molecule has 2 aromatic rings. The molecule has 0 aliphatic carbocycles. The van der Waals surface area contributed by atoms with E-state index in [1.807, 2.05) is 0 Å². The van der Waals surface area contributed by atoms with E-state index in [4.69, 9.17) is 4.74 Å². The predicted octanol–water partition coefficient (Wildman–Crippen LogP) is -0.887. The molecule has 2 aromatic heterocycles. The standard InChI is InChI=1S/C13H15N3O5/c1-5-21-12(19)8-6-7-9(14(2)11(8)18)15(3)13(20)16(4)10(7)17/h6H,5H2,1-4H3. The van der Waals surface area contributed by atoms with Gasteiger partial charge in [-0.1, -0.05) is 0 Å². The third-order valence-corrected chi connectivity index (χ3v) is 3.30. The second-order valence-electron chi connectivity index (χ2n) is 4.59. The van der Waals surface area contributed by atoms with Crippen LogP contribution in [-0.2, 0) is 25.9 Å². The number of ether oxygens (including phenoxy) is 1. The van der Waals surface area contributed by atoms with Gasteiger partial charge >= 0.3 is 11.7 Å². The molecule has 0 unspecified atom stereocenters. The Morgan fingerprint density at radius 1 is 1.05 bits per heavy atom. The molecule has 0 fully saturated rings. The van der Waals surface area contributed by atoms with E-state index >= 15 is 0 Å². The number of fused-ring (bicyclic) bond motifs is 1. The highest BCUT2D eigenvalue weighted by Crippen LogP contribution is 2.07. The van der Waals surface area contributed by atoms with Crippen molar-refractivity contribution < 1.29 is 9.53 Å². The topological polar surface area (TPSA) is 92.3 Å². The van der Waals surface area contributed by atoms with Crippen molar-refractivity contribution in [1.82, 2.24) is 13.7 Å². The van der Waals surface area contributed by atoms with E-state index in [0.29, 0.717) is 0 Å². The summed E-state index contributed by atoms with van der Waals surface area (Å²) >= 11 is 0. The van der Waals surface area contributed by atoms with Crippen molar-refractivity contribution in [2.75, 3.05) is 6.61 Å². The Kier molecular flexibility index (Phi) is 3.54. The van der Waals surface area contributed by atoms with Gasteiger partial charge in [-0.15, -0.1) is 0 Å². The van der Waals surface area contributed by atoms with Gasteiger partial charge in [0.15, 0.2) is 0 Å². The molecular formula is C13H15N3O5. The molecule has 0 saturated carbocycles. The summed E-state index contributed by atoms with van der Waals surface area (Å²) in [4.78, 5) is 48.1. The fraction of sp³-hybridized carbons (Fsp3) is 0.385. The van der Waals surface area contributed by atoms with Gasteiger partial charge in [0.1, 0.15) is 11.2 Å². The van der Waals surface area contributed by atoms with Gasteiger partial charge in [0.25, 0.3) is 11.1 Å². The van der Waals surface area contributed by atoms with Gasteiger partial charge in [-0.2, -0.15) is 0 Å². The SMILES string of the molecule is CCOC(=O)c1cc2c(=O)n(C)c(=O)n(C)c2n(C)c1=O. The molecule has 112 valence electrons. The second kappa shape index (κ2) is 5.04. The largest absolute Gasteiger partial charge is 0.462 e. The highest BCUT2D eigenvalue weighted by atomic mass is 16.5. The third-order valence-electron chi connectivity index (χ3n) is 3.30. The molecule has 0 radical (unpaired) electrons. The van der Waals surface area contributed by atoms with E-state index in [-0.39, 0.29) is 23.2 Å². The molecule has 0 spiro atoms. The van der Waals surface area contributed by atoms with Gasteiger partial charge in [-0.3, -0.25) is 23.3 Å². The zero-order chi connectivity index (χ0) is 15.9. The van der Waals surface area contributed by atoms with E-state index in [2.05, 4.69) is 0 Å². The minimum Gasteiger partial charge on any atom is -0.462 e. The van der Waals surface area contributed by atoms with Crippen LogP contribution in [0.2, 0.25) is 0 Å². The molecule has 0 aromatic carbocycles. The number of pyridine rings is 1. The number of aryl methyl sites for hydroxylation is 2. The highest BCUT2D eigenvalue weighted by molar-refractivity contribution is 5.92. The van der Waals surface area contributed by atoms with Crippen molar-refractivity contribution in [2.45, 2.75) is 6.92 Å². The molecule has 0 N–H and O–H groups in total. The Labute approximate surface area is 118 Å². The summed E-state index contributed by atoms with van der Waals surface area (Å²) in [6.07, 6.45) is 0. The number of rotatable bonds is 2. The summed E-state index contributed by atoms with van der Waals surface area (Å²) in [5.74, 6) is -0.795. The number of nitrogens with zero attached hydrogens (tertiary/aromatic N) is 3. The predicted molar refractivity (Wildman–Crippen MR) is 75.6 cm³/mol. The number of carbonyl (C=O) groups excluding carboxylic acids is 1. The zero-order valence-corrected chi connectivity index (χ0v) is 12.2. The third kappa shape index (κ3) is 2.08. The summed E-state index contributed by atoms with van der Waals surface area (Å²) in [6, 6.07) is 1.18. The number of hydrogen-bond acceptors (Lipinski definition) is 5. The van der Waals surface area contributed by atoms with Gasteiger partial charge in [-0.25, -0.2) is 9.59 Å². The van der Waals surface area contributed by atoms with Gasteiger partial charge in [0, 0.05) is 21.1 Å². The maximum atomic E-state index is 12.2. The van der Waals surface area contributed by atoms with Gasteiger partial charge in [0.2, 0.25) is 0 Å². The van der Waals surface area contributed by atoms with Crippen LogP contribution in [0, 0.1) is 0 Å². The van der Waals surface area contributed by atoms with Crippen LogP contribution in [0.5, 0.6) is 0 Å². The first kappa shape index (κ1) is 14.8. The van der Waals surface area contributed by atoms with Crippen LogP contribution in [0.1, 0.15) is 17.3 Å². The molecule has 2 rings (SSSR count). The smallest absolute Gasteiger partial charge is 0.343 e. The number of esters is 1. The van der Waals surface area contributed by atoms with E-state index < -0.39 is 22.8 Å². The Morgan fingerprint density at radius 3 is 2.24 bits per heavy atom. The first-order chi connectivity index (χ1) is 9.81. The van der Waals surface area contributed by atoms with Gasteiger partial charge < -0.3 is 4.74 Å². The molecule has 0 bridgehead atoms. The minimum atomic E-state index is -0.795. The van der Waals surface area contributed by atoms with Crippen molar-refractivity contribution in [3.8, 4) is 0 Å². The molecule has 0 amide bonds. The monoisotopic (exact) mass is 293 g/mol.